The maximum atomic E-state index is 12.2. The van der Waals surface area contributed by atoms with Gasteiger partial charge in [0.1, 0.15) is 5.82 Å². The van der Waals surface area contributed by atoms with Crippen molar-refractivity contribution in [3.8, 4) is 11.3 Å². The van der Waals surface area contributed by atoms with Crippen LogP contribution in [-0.4, -0.2) is 19.7 Å². The Hall–Kier alpha value is -3.21. The van der Waals surface area contributed by atoms with Crippen LogP contribution in [0.25, 0.3) is 22.2 Å². The Morgan fingerprint density at radius 2 is 1.76 bits per heavy atom. The molecule has 2 heterocycles. The molecule has 0 saturated carbocycles. The number of aromatic nitrogens is 4. The van der Waals surface area contributed by atoms with Gasteiger partial charge in [-0.25, -0.2) is 4.98 Å². The molecule has 0 unspecified atom stereocenters. The minimum absolute atomic E-state index is 0.0874. The maximum Gasteiger partial charge on any atom is 0.258 e. The summed E-state index contributed by atoms with van der Waals surface area (Å²) in [7, 11) is 1.94. The molecular formula is C20H18N4O. The molecule has 0 atom stereocenters. The largest absolute Gasteiger partial charge is 0.310 e. The molecule has 0 aliphatic carbocycles. The van der Waals surface area contributed by atoms with Crippen LogP contribution in [0.5, 0.6) is 0 Å². The molecule has 4 rings (SSSR count). The van der Waals surface area contributed by atoms with E-state index in [-0.39, 0.29) is 5.56 Å². The summed E-state index contributed by atoms with van der Waals surface area (Å²) in [5, 5.41) is 5.21. The molecule has 0 saturated heterocycles. The highest BCUT2D eigenvalue weighted by Crippen LogP contribution is 2.19. The molecule has 5 heteroatoms. The fourth-order valence-electron chi connectivity index (χ4n) is 2.99. The van der Waals surface area contributed by atoms with Gasteiger partial charge in [0.15, 0.2) is 0 Å². The molecular weight excluding hydrogens is 312 g/mol. The number of aromatic amines is 1. The minimum Gasteiger partial charge on any atom is -0.310 e. The van der Waals surface area contributed by atoms with E-state index in [1.54, 1.807) is 6.07 Å². The Kier molecular flexibility index (Phi) is 3.90. The second-order valence-corrected chi connectivity index (χ2v) is 6.04. The lowest BCUT2D eigenvalue weighted by Crippen LogP contribution is -2.13. The molecule has 0 bridgehead atoms. The molecule has 25 heavy (non-hydrogen) atoms. The minimum atomic E-state index is -0.0874. The first kappa shape index (κ1) is 15.3. The zero-order valence-electron chi connectivity index (χ0n) is 13.9. The quantitative estimate of drug-likeness (QED) is 0.625. The number of para-hydroxylation sites is 1. The molecule has 0 aliphatic heterocycles. The molecule has 0 aliphatic rings. The van der Waals surface area contributed by atoms with Crippen molar-refractivity contribution in [3.63, 3.8) is 0 Å². The highest BCUT2D eigenvalue weighted by atomic mass is 16.1. The zero-order valence-corrected chi connectivity index (χ0v) is 13.9. The number of nitrogens with zero attached hydrogens (tertiary/aromatic N) is 3. The first-order chi connectivity index (χ1) is 12.2. The molecule has 0 fully saturated rings. The molecule has 2 aromatic carbocycles. The molecule has 2 aromatic heterocycles. The third-order valence-corrected chi connectivity index (χ3v) is 4.33. The Labute approximate surface area is 145 Å². The second-order valence-electron chi connectivity index (χ2n) is 6.04. The molecule has 4 aromatic rings. The number of benzene rings is 2. The predicted molar refractivity (Wildman–Crippen MR) is 98.4 cm³/mol. The lowest BCUT2D eigenvalue weighted by Gasteiger charge is -2.03. The Balaban J connectivity index is 1.58. The predicted octanol–water partition coefficient (Wildman–Crippen LogP) is 3.11. The number of rotatable bonds is 4. The van der Waals surface area contributed by atoms with Crippen molar-refractivity contribution in [1.82, 2.24) is 19.7 Å². The van der Waals surface area contributed by atoms with E-state index in [1.807, 2.05) is 48.1 Å². The van der Waals surface area contributed by atoms with Crippen molar-refractivity contribution in [2.24, 2.45) is 7.05 Å². The van der Waals surface area contributed by atoms with Gasteiger partial charge >= 0.3 is 0 Å². The molecule has 124 valence electrons. The number of hydrogen-bond donors (Lipinski definition) is 1. The van der Waals surface area contributed by atoms with Gasteiger partial charge in [0.05, 0.1) is 16.6 Å². The fourth-order valence-corrected chi connectivity index (χ4v) is 2.99. The van der Waals surface area contributed by atoms with Crippen molar-refractivity contribution in [1.29, 1.82) is 0 Å². The normalized spacial score (nSPS) is 11.1. The molecule has 0 amide bonds. The van der Waals surface area contributed by atoms with Crippen molar-refractivity contribution < 1.29 is 0 Å². The van der Waals surface area contributed by atoms with Gasteiger partial charge in [-0.3, -0.25) is 9.48 Å². The molecule has 5 nitrogen and oxygen atoms in total. The third-order valence-electron chi connectivity index (χ3n) is 4.33. The van der Waals surface area contributed by atoms with Gasteiger partial charge in [0.2, 0.25) is 0 Å². The van der Waals surface area contributed by atoms with Crippen LogP contribution in [-0.2, 0) is 19.9 Å². The number of hydrogen-bond acceptors (Lipinski definition) is 3. The van der Waals surface area contributed by atoms with Gasteiger partial charge in [-0.05, 0) is 24.6 Å². The fraction of sp³-hybridized carbons (Fsp3) is 0.150. The first-order valence-corrected chi connectivity index (χ1v) is 8.27. The standard InChI is InChI=1S/C20H18N4O/c1-24-15(13-18(23-24)14-7-3-2-4-8-14)11-12-19-21-17-10-6-5-9-16(17)20(25)22-19/h2-10,13H,11-12H2,1H3,(H,21,22,25). The van der Waals surface area contributed by atoms with E-state index in [0.717, 1.165) is 28.9 Å². The number of aryl methyl sites for hydroxylation is 3. The van der Waals surface area contributed by atoms with E-state index >= 15 is 0 Å². The topological polar surface area (TPSA) is 63.6 Å². The van der Waals surface area contributed by atoms with Gasteiger partial charge in [0.25, 0.3) is 5.56 Å². The van der Waals surface area contributed by atoms with Crippen LogP contribution in [0.1, 0.15) is 11.5 Å². The summed E-state index contributed by atoms with van der Waals surface area (Å²) in [6.45, 7) is 0. The van der Waals surface area contributed by atoms with Gasteiger partial charge in [-0.1, -0.05) is 42.5 Å². The Morgan fingerprint density at radius 3 is 2.60 bits per heavy atom. The van der Waals surface area contributed by atoms with E-state index in [4.69, 9.17) is 0 Å². The highest BCUT2D eigenvalue weighted by molar-refractivity contribution is 5.77. The van der Waals surface area contributed by atoms with Crippen LogP contribution in [0, 0.1) is 0 Å². The van der Waals surface area contributed by atoms with E-state index in [2.05, 4.69) is 33.3 Å². The van der Waals surface area contributed by atoms with Crippen LogP contribution < -0.4 is 5.56 Å². The van der Waals surface area contributed by atoms with E-state index in [0.29, 0.717) is 17.6 Å². The first-order valence-electron chi connectivity index (χ1n) is 8.27. The van der Waals surface area contributed by atoms with Crippen LogP contribution in [0.4, 0.5) is 0 Å². The third kappa shape index (κ3) is 3.08. The van der Waals surface area contributed by atoms with Gasteiger partial charge in [-0.2, -0.15) is 5.10 Å². The Morgan fingerprint density at radius 1 is 1.00 bits per heavy atom. The van der Waals surface area contributed by atoms with Crippen molar-refractivity contribution in [2.45, 2.75) is 12.8 Å². The monoisotopic (exact) mass is 330 g/mol. The summed E-state index contributed by atoms with van der Waals surface area (Å²) in [6, 6.07) is 19.6. The van der Waals surface area contributed by atoms with Gasteiger partial charge < -0.3 is 4.98 Å². The summed E-state index contributed by atoms with van der Waals surface area (Å²) in [5.74, 6) is 0.700. The van der Waals surface area contributed by atoms with E-state index in [9.17, 15) is 4.79 Å². The van der Waals surface area contributed by atoms with Crippen LogP contribution >= 0.6 is 0 Å². The SMILES string of the molecule is Cn1nc(-c2ccccc2)cc1CCc1nc2ccccc2c(=O)[nH]1. The Bertz CT molecular complexity index is 1080. The van der Waals surface area contributed by atoms with Crippen LogP contribution in [0.2, 0.25) is 0 Å². The number of nitrogens with one attached hydrogen (secondary N) is 1. The summed E-state index contributed by atoms with van der Waals surface area (Å²) >= 11 is 0. The average Bonchev–Trinajstić information content (AvgIpc) is 3.02. The van der Waals surface area contributed by atoms with E-state index in [1.165, 1.54) is 0 Å². The van der Waals surface area contributed by atoms with Crippen molar-refractivity contribution >= 4 is 10.9 Å². The average molecular weight is 330 g/mol. The number of H-pyrrole nitrogens is 1. The lowest BCUT2D eigenvalue weighted by molar-refractivity contribution is 0.696. The zero-order chi connectivity index (χ0) is 17.2. The summed E-state index contributed by atoms with van der Waals surface area (Å²) in [6.07, 6.45) is 1.42. The van der Waals surface area contributed by atoms with Crippen molar-refractivity contribution in [2.75, 3.05) is 0 Å². The maximum absolute atomic E-state index is 12.2. The number of fused-ring (bicyclic) bond motifs is 1. The summed E-state index contributed by atoms with van der Waals surface area (Å²) < 4.78 is 1.89. The van der Waals surface area contributed by atoms with Gasteiger partial charge in [-0.15, -0.1) is 0 Å². The van der Waals surface area contributed by atoms with Crippen LogP contribution in [0.15, 0.2) is 65.5 Å². The molecule has 1 N–H and O–H groups in total. The van der Waals surface area contributed by atoms with Crippen molar-refractivity contribution in [3.05, 3.63) is 82.5 Å². The van der Waals surface area contributed by atoms with Crippen LogP contribution in [0.3, 0.4) is 0 Å². The summed E-state index contributed by atoms with van der Waals surface area (Å²) in [5.41, 5.74) is 3.81. The summed E-state index contributed by atoms with van der Waals surface area (Å²) in [4.78, 5) is 19.6. The lowest BCUT2D eigenvalue weighted by atomic mass is 10.1. The smallest absolute Gasteiger partial charge is 0.258 e. The highest BCUT2D eigenvalue weighted by Gasteiger charge is 2.09. The van der Waals surface area contributed by atoms with Gasteiger partial charge in [0, 0.05) is 24.7 Å². The van der Waals surface area contributed by atoms with E-state index < -0.39 is 0 Å². The molecule has 0 radical (unpaired) electrons. The molecule has 0 spiro atoms. The second kappa shape index (κ2) is 6.36.